The monoisotopic (exact) mass is 581 g/mol. The standard InChI is InChI=1S/C31H43N5O4S/c1-4-40-18-17-36(41(38,39)29-24(2)9-7-10-25(29)3)20-26(37)19-34-15-8-13-31(21-34)14-16-35(22-31)30-27-11-5-6-12-28(27)32-23-33-30/h5-7,9-12,23,26,37H,4,8,13-22H2,1-3H3/t26-,31?/m0/s1. The third-order valence-corrected chi connectivity index (χ3v) is 10.8. The molecule has 0 bridgehead atoms. The Hall–Kier alpha value is -2.63. The van der Waals surface area contributed by atoms with Gasteiger partial charge in [0.25, 0.3) is 0 Å². The van der Waals surface area contributed by atoms with Crippen LogP contribution >= 0.6 is 0 Å². The number of rotatable bonds is 11. The van der Waals surface area contributed by atoms with Crippen LogP contribution in [0.25, 0.3) is 10.9 Å². The molecule has 5 rings (SSSR count). The molecule has 2 fully saturated rings. The van der Waals surface area contributed by atoms with E-state index in [-0.39, 0.29) is 25.1 Å². The lowest BCUT2D eigenvalue weighted by molar-refractivity contribution is 0.0431. The number of aryl methyl sites for hydroxylation is 2. The Labute approximate surface area is 244 Å². The molecule has 2 saturated heterocycles. The zero-order valence-electron chi connectivity index (χ0n) is 24.5. The fraction of sp³-hybridized carbons (Fsp3) is 0.548. The van der Waals surface area contributed by atoms with Crippen LogP contribution in [-0.4, -0.2) is 97.8 Å². The zero-order chi connectivity index (χ0) is 29.0. The number of likely N-dealkylation sites (tertiary alicyclic amines) is 1. The van der Waals surface area contributed by atoms with Gasteiger partial charge in [0, 0.05) is 56.7 Å². The highest BCUT2D eigenvalue weighted by Gasteiger charge is 2.42. The van der Waals surface area contributed by atoms with E-state index < -0.39 is 16.1 Å². The molecule has 41 heavy (non-hydrogen) atoms. The molecule has 0 amide bonds. The van der Waals surface area contributed by atoms with E-state index in [0.29, 0.717) is 29.2 Å². The van der Waals surface area contributed by atoms with Gasteiger partial charge in [-0.05, 0) is 69.8 Å². The van der Waals surface area contributed by atoms with Gasteiger partial charge in [0.05, 0.1) is 23.1 Å². The SMILES string of the molecule is CCOCCN(C[C@@H](O)CN1CCCC2(CCN(c3ncnc4ccccc34)C2)C1)S(=O)(=O)c1c(C)cccc1C. The molecular weight excluding hydrogens is 538 g/mol. The van der Waals surface area contributed by atoms with E-state index in [0.717, 1.165) is 62.2 Å². The normalized spacial score (nSPS) is 20.9. The van der Waals surface area contributed by atoms with E-state index >= 15 is 0 Å². The molecule has 0 aliphatic carbocycles. The van der Waals surface area contributed by atoms with Crippen molar-refractivity contribution in [2.75, 3.05) is 63.9 Å². The van der Waals surface area contributed by atoms with Crippen molar-refractivity contribution >= 4 is 26.7 Å². The summed E-state index contributed by atoms with van der Waals surface area (Å²) in [5.74, 6) is 0.992. The number of para-hydroxylation sites is 1. The first kappa shape index (κ1) is 29.8. The molecule has 222 valence electrons. The van der Waals surface area contributed by atoms with Crippen LogP contribution in [-0.2, 0) is 14.8 Å². The van der Waals surface area contributed by atoms with Crippen LogP contribution < -0.4 is 4.90 Å². The van der Waals surface area contributed by atoms with Gasteiger partial charge in [-0.25, -0.2) is 18.4 Å². The molecule has 10 heteroatoms. The summed E-state index contributed by atoms with van der Waals surface area (Å²) in [5.41, 5.74) is 2.50. The summed E-state index contributed by atoms with van der Waals surface area (Å²) in [7, 11) is -3.80. The largest absolute Gasteiger partial charge is 0.390 e. The van der Waals surface area contributed by atoms with Crippen LogP contribution in [0.4, 0.5) is 5.82 Å². The molecule has 3 heterocycles. The molecule has 2 aliphatic rings. The fourth-order valence-corrected chi connectivity index (χ4v) is 8.60. The highest BCUT2D eigenvalue weighted by atomic mass is 32.2. The molecular formula is C31H43N5O4S. The number of nitrogens with zero attached hydrogens (tertiary/aromatic N) is 5. The van der Waals surface area contributed by atoms with Gasteiger partial charge in [0.2, 0.25) is 10.0 Å². The average Bonchev–Trinajstić information content (AvgIpc) is 3.34. The van der Waals surface area contributed by atoms with Crippen LogP contribution in [0.2, 0.25) is 0 Å². The van der Waals surface area contributed by atoms with E-state index in [1.54, 1.807) is 6.33 Å². The average molecular weight is 582 g/mol. The molecule has 1 N–H and O–H groups in total. The predicted octanol–water partition coefficient (Wildman–Crippen LogP) is 3.63. The highest BCUT2D eigenvalue weighted by molar-refractivity contribution is 7.89. The second-order valence-corrected chi connectivity index (χ2v) is 13.5. The lowest BCUT2D eigenvalue weighted by atomic mass is 9.79. The van der Waals surface area contributed by atoms with Crippen LogP contribution in [0.1, 0.15) is 37.3 Å². The van der Waals surface area contributed by atoms with E-state index in [1.165, 1.54) is 4.31 Å². The molecule has 2 aliphatic heterocycles. The third-order valence-electron chi connectivity index (χ3n) is 8.58. The number of ether oxygens (including phenoxy) is 1. The zero-order valence-corrected chi connectivity index (χ0v) is 25.3. The maximum Gasteiger partial charge on any atom is 0.243 e. The van der Waals surface area contributed by atoms with Crippen LogP contribution in [0.15, 0.2) is 53.7 Å². The number of benzene rings is 2. The minimum Gasteiger partial charge on any atom is -0.390 e. The number of aliphatic hydroxyl groups excluding tert-OH is 1. The summed E-state index contributed by atoms with van der Waals surface area (Å²) in [6.07, 6.45) is 4.10. The number of fused-ring (bicyclic) bond motifs is 1. The highest BCUT2D eigenvalue weighted by Crippen LogP contribution is 2.41. The minimum absolute atomic E-state index is 0.0335. The lowest BCUT2D eigenvalue weighted by Gasteiger charge is -2.41. The topological polar surface area (TPSA) is 99.1 Å². The second-order valence-electron chi connectivity index (χ2n) is 11.7. The van der Waals surface area contributed by atoms with Crippen LogP contribution in [0.5, 0.6) is 0 Å². The fourth-order valence-electron chi connectivity index (χ4n) is 6.70. The van der Waals surface area contributed by atoms with Crippen molar-refractivity contribution < 1.29 is 18.3 Å². The molecule has 1 aromatic heterocycles. The number of piperidine rings is 1. The summed E-state index contributed by atoms with van der Waals surface area (Å²) in [5, 5.41) is 12.3. The van der Waals surface area contributed by atoms with Gasteiger partial charge in [-0.15, -0.1) is 0 Å². The Bertz CT molecular complexity index is 1430. The van der Waals surface area contributed by atoms with Crippen molar-refractivity contribution in [3.63, 3.8) is 0 Å². The second kappa shape index (κ2) is 12.7. The van der Waals surface area contributed by atoms with E-state index in [9.17, 15) is 13.5 Å². The smallest absolute Gasteiger partial charge is 0.243 e. The van der Waals surface area contributed by atoms with Gasteiger partial charge < -0.3 is 19.6 Å². The molecule has 2 aromatic carbocycles. The number of β-amino-alcohol motifs (C(OH)–C–C–N with tert-alkyl or cyclic N) is 1. The summed E-state index contributed by atoms with van der Waals surface area (Å²) in [4.78, 5) is 14.1. The van der Waals surface area contributed by atoms with E-state index in [2.05, 4.69) is 25.8 Å². The summed E-state index contributed by atoms with van der Waals surface area (Å²) in [6, 6.07) is 13.6. The van der Waals surface area contributed by atoms with Gasteiger partial charge in [-0.3, -0.25) is 0 Å². The third kappa shape index (κ3) is 6.57. The Morgan fingerprint density at radius 1 is 1.05 bits per heavy atom. The van der Waals surface area contributed by atoms with E-state index in [1.807, 2.05) is 57.2 Å². The Balaban J connectivity index is 1.26. The minimum atomic E-state index is -3.80. The Morgan fingerprint density at radius 2 is 1.83 bits per heavy atom. The van der Waals surface area contributed by atoms with Crippen molar-refractivity contribution in [2.24, 2.45) is 5.41 Å². The maximum atomic E-state index is 13.8. The van der Waals surface area contributed by atoms with Gasteiger partial charge in [-0.1, -0.05) is 30.3 Å². The maximum absolute atomic E-state index is 13.8. The predicted molar refractivity (Wildman–Crippen MR) is 162 cm³/mol. The number of hydrogen-bond donors (Lipinski definition) is 1. The molecule has 0 saturated carbocycles. The van der Waals surface area contributed by atoms with Crippen LogP contribution in [0.3, 0.4) is 0 Å². The first-order chi connectivity index (χ1) is 19.7. The van der Waals surface area contributed by atoms with Gasteiger partial charge >= 0.3 is 0 Å². The molecule has 3 aromatic rings. The number of aliphatic hydroxyl groups is 1. The van der Waals surface area contributed by atoms with Gasteiger partial charge in [-0.2, -0.15) is 4.31 Å². The molecule has 2 atom stereocenters. The first-order valence-electron chi connectivity index (χ1n) is 14.7. The first-order valence-corrected chi connectivity index (χ1v) is 16.2. The summed E-state index contributed by atoms with van der Waals surface area (Å²) >= 11 is 0. The van der Waals surface area contributed by atoms with Crippen molar-refractivity contribution in [1.29, 1.82) is 0 Å². The quantitative estimate of drug-likeness (QED) is 0.343. The van der Waals surface area contributed by atoms with Gasteiger partial charge in [0.15, 0.2) is 0 Å². The van der Waals surface area contributed by atoms with Crippen molar-refractivity contribution in [2.45, 2.75) is 51.0 Å². The number of sulfonamides is 1. The lowest BCUT2D eigenvalue weighted by Crippen LogP contribution is -2.49. The summed E-state index contributed by atoms with van der Waals surface area (Å²) in [6.45, 7) is 10.6. The van der Waals surface area contributed by atoms with Crippen molar-refractivity contribution in [3.8, 4) is 0 Å². The number of hydrogen-bond acceptors (Lipinski definition) is 8. The molecule has 0 radical (unpaired) electrons. The molecule has 9 nitrogen and oxygen atoms in total. The Kier molecular flexibility index (Phi) is 9.25. The van der Waals surface area contributed by atoms with Crippen molar-refractivity contribution in [3.05, 3.63) is 59.9 Å². The van der Waals surface area contributed by atoms with E-state index in [4.69, 9.17) is 4.74 Å². The number of anilines is 1. The van der Waals surface area contributed by atoms with Crippen LogP contribution in [0, 0.1) is 19.3 Å². The van der Waals surface area contributed by atoms with Gasteiger partial charge in [0.1, 0.15) is 12.1 Å². The van der Waals surface area contributed by atoms with Crippen molar-refractivity contribution in [1.82, 2.24) is 19.2 Å². The molecule has 1 spiro atoms. The molecule has 1 unspecified atom stereocenters. The Morgan fingerprint density at radius 3 is 2.61 bits per heavy atom. The summed E-state index contributed by atoms with van der Waals surface area (Å²) < 4.78 is 34.5. The number of aromatic nitrogens is 2.